The standard InChI is InChI=1S/C32H56O12S.Na/c1-16(2)24(43-29-26(37)27(23(36)15-42-29)44-45(39,40)41)7-6-17(3)19-13-21(34)28-31(19,5)11-9-25-30(4)10-8-18(33)12-20(30)22(35)14-32(25,28)38;/h16-29,33-38H,6-15H2,1-5H3,(H,39,40,41);/q;+1/p-1/t17-,18+,19?,20?,21+,22+,23?,24+,25?,26?,27?,28?,29?,30+,31-,32+;/m1./s1. The first-order valence-electron chi connectivity index (χ1n) is 16.9. The Morgan fingerprint density at radius 2 is 1.59 bits per heavy atom. The molecule has 0 aromatic carbocycles. The van der Waals surface area contributed by atoms with Crippen molar-refractivity contribution in [3.05, 3.63) is 0 Å². The minimum Gasteiger partial charge on any atom is -0.726 e. The molecule has 8 unspecified atom stereocenters. The second-order valence-corrected chi connectivity index (χ2v) is 17.0. The van der Waals surface area contributed by atoms with Gasteiger partial charge in [-0.2, -0.15) is 0 Å². The van der Waals surface area contributed by atoms with Gasteiger partial charge in [0.25, 0.3) is 0 Å². The van der Waals surface area contributed by atoms with E-state index >= 15 is 0 Å². The van der Waals surface area contributed by atoms with Gasteiger partial charge in [0.1, 0.15) is 18.3 Å². The second kappa shape index (κ2) is 14.3. The van der Waals surface area contributed by atoms with Gasteiger partial charge in [0.2, 0.25) is 10.4 Å². The molecule has 0 radical (unpaired) electrons. The fourth-order valence-electron chi connectivity index (χ4n) is 10.9. The van der Waals surface area contributed by atoms with Crippen molar-refractivity contribution < 1.29 is 86.8 Å². The van der Waals surface area contributed by atoms with Crippen molar-refractivity contribution in [2.45, 2.75) is 147 Å². The summed E-state index contributed by atoms with van der Waals surface area (Å²) in [4.78, 5) is 0. The summed E-state index contributed by atoms with van der Waals surface area (Å²) in [5, 5.41) is 66.5. The van der Waals surface area contributed by atoms with Gasteiger partial charge in [-0.15, -0.1) is 0 Å². The molecule has 12 nitrogen and oxygen atoms in total. The Labute approximate surface area is 295 Å². The number of rotatable bonds is 9. The first-order valence-corrected chi connectivity index (χ1v) is 18.2. The van der Waals surface area contributed by atoms with Crippen LogP contribution in [0, 0.1) is 46.3 Å². The van der Waals surface area contributed by atoms with Crippen molar-refractivity contribution in [2.75, 3.05) is 6.61 Å². The van der Waals surface area contributed by atoms with Gasteiger partial charge >= 0.3 is 29.6 Å². The van der Waals surface area contributed by atoms with E-state index in [1.165, 1.54) is 0 Å². The van der Waals surface area contributed by atoms with Crippen molar-refractivity contribution in [3.8, 4) is 0 Å². The van der Waals surface area contributed by atoms with Gasteiger partial charge in [-0.25, -0.2) is 8.42 Å². The summed E-state index contributed by atoms with van der Waals surface area (Å²) < 4.78 is 49.4. The van der Waals surface area contributed by atoms with E-state index in [0.29, 0.717) is 32.1 Å². The molecular weight excluding hydrogens is 631 g/mol. The van der Waals surface area contributed by atoms with Crippen LogP contribution in [0.2, 0.25) is 0 Å². The van der Waals surface area contributed by atoms with Gasteiger partial charge < -0.3 is 44.7 Å². The molecule has 46 heavy (non-hydrogen) atoms. The van der Waals surface area contributed by atoms with Crippen LogP contribution in [0.4, 0.5) is 0 Å². The molecule has 0 aromatic rings. The van der Waals surface area contributed by atoms with Crippen molar-refractivity contribution in [1.82, 2.24) is 0 Å². The second-order valence-electron chi connectivity index (χ2n) is 16.0. The van der Waals surface area contributed by atoms with E-state index < -0.39 is 65.0 Å². The van der Waals surface area contributed by atoms with Crippen molar-refractivity contribution in [1.29, 1.82) is 0 Å². The molecule has 0 spiro atoms. The fourth-order valence-corrected chi connectivity index (χ4v) is 11.4. The summed E-state index contributed by atoms with van der Waals surface area (Å²) in [6.07, 6.45) is -2.85. The third-order valence-corrected chi connectivity index (χ3v) is 13.5. The molecule has 1 aliphatic heterocycles. The molecule has 6 N–H and O–H groups in total. The maximum Gasteiger partial charge on any atom is 1.00 e. The average Bonchev–Trinajstić information content (AvgIpc) is 3.21. The van der Waals surface area contributed by atoms with E-state index in [4.69, 9.17) is 9.47 Å². The SMILES string of the molecule is CC(C)[C@H](CC[C@@H](C)C1C[C@H](O)C2[C@]1(C)CCC1[C@@]3(C)CC[C@H](O)CC3[C@@H](O)C[C@]12O)OC1OCC(O)C(OS(=O)(=O)[O-])C1O.[Na+]. The fraction of sp³-hybridized carbons (Fsp3) is 1.00. The van der Waals surface area contributed by atoms with Crippen LogP contribution in [-0.4, -0.2) is 105 Å². The summed E-state index contributed by atoms with van der Waals surface area (Å²) in [7, 11) is -5.18. The summed E-state index contributed by atoms with van der Waals surface area (Å²) in [5.41, 5.74) is -1.85. The van der Waals surface area contributed by atoms with Crippen LogP contribution in [0.25, 0.3) is 0 Å². The smallest absolute Gasteiger partial charge is 0.726 e. The summed E-state index contributed by atoms with van der Waals surface area (Å²) in [6.45, 7) is 10.0. The van der Waals surface area contributed by atoms with Crippen molar-refractivity contribution >= 4 is 10.4 Å². The molecule has 0 amide bonds. The van der Waals surface area contributed by atoms with Crippen LogP contribution in [0.3, 0.4) is 0 Å². The number of fused-ring (bicyclic) bond motifs is 5. The van der Waals surface area contributed by atoms with Gasteiger partial charge in [0, 0.05) is 12.3 Å². The van der Waals surface area contributed by atoms with E-state index in [0.717, 1.165) is 19.3 Å². The predicted molar refractivity (Wildman–Crippen MR) is 160 cm³/mol. The number of aliphatic hydroxyl groups is 6. The molecular formula is C32H55NaO12S. The number of aliphatic hydroxyl groups excluding tert-OH is 5. The van der Waals surface area contributed by atoms with Crippen molar-refractivity contribution in [2.24, 2.45) is 46.3 Å². The third-order valence-electron chi connectivity index (χ3n) is 13.0. The number of hydrogen-bond donors (Lipinski definition) is 6. The number of ether oxygens (including phenoxy) is 2. The molecule has 5 aliphatic rings. The van der Waals surface area contributed by atoms with Crippen LogP contribution < -0.4 is 29.6 Å². The van der Waals surface area contributed by atoms with Crippen LogP contribution >= 0.6 is 0 Å². The van der Waals surface area contributed by atoms with E-state index in [2.05, 4.69) is 25.0 Å². The molecule has 0 aromatic heterocycles. The minimum absolute atomic E-state index is 0. The summed E-state index contributed by atoms with van der Waals surface area (Å²) >= 11 is 0. The Bertz CT molecular complexity index is 1160. The zero-order valence-electron chi connectivity index (χ0n) is 28.2. The van der Waals surface area contributed by atoms with E-state index in [1.807, 2.05) is 13.8 Å². The molecule has 1 heterocycles. The predicted octanol–water partition coefficient (Wildman–Crippen LogP) is -1.55. The van der Waals surface area contributed by atoms with Gasteiger partial charge in [-0.1, -0.05) is 34.6 Å². The first kappa shape index (κ1) is 39.3. The van der Waals surface area contributed by atoms with Crippen LogP contribution in [-0.2, 0) is 24.1 Å². The zero-order chi connectivity index (χ0) is 33.3. The van der Waals surface area contributed by atoms with Crippen molar-refractivity contribution in [3.63, 3.8) is 0 Å². The molecule has 262 valence electrons. The molecule has 0 bridgehead atoms. The minimum atomic E-state index is -5.18. The molecule has 1 saturated heterocycles. The molecule has 4 aliphatic carbocycles. The third kappa shape index (κ3) is 7.17. The quantitative estimate of drug-likeness (QED) is 0.0927. The maximum absolute atomic E-state index is 12.5. The van der Waals surface area contributed by atoms with Crippen LogP contribution in [0.5, 0.6) is 0 Å². The van der Waals surface area contributed by atoms with Crippen LogP contribution in [0.15, 0.2) is 0 Å². The Kier molecular flexibility index (Phi) is 12.2. The maximum atomic E-state index is 12.5. The first-order chi connectivity index (χ1) is 20.8. The number of hydrogen-bond acceptors (Lipinski definition) is 12. The van der Waals surface area contributed by atoms with Crippen LogP contribution in [0.1, 0.15) is 92.4 Å². The van der Waals surface area contributed by atoms with Gasteiger partial charge in [-0.3, -0.25) is 4.18 Å². The Hall–Kier alpha value is 0.550. The van der Waals surface area contributed by atoms with E-state index in [-0.39, 0.29) is 88.9 Å². The largest absolute Gasteiger partial charge is 1.00 e. The Morgan fingerprint density at radius 3 is 2.22 bits per heavy atom. The Morgan fingerprint density at radius 1 is 0.935 bits per heavy atom. The Balaban J connectivity index is 0.00000480. The molecule has 16 atom stereocenters. The average molecular weight is 687 g/mol. The monoisotopic (exact) mass is 686 g/mol. The molecule has 14 heteroatoms. The summed E-state index contributed by atoms with van der Waals surface area (Å²) in [6, 6.07) is 0. The van der Waals surface area contributed by atoms with Gasteiger partial charge in [0.05, 0.1) is 36.6 Å². The summed E-state index contributed by atoms with van der Waals surface area (Å²) in [5.74, 6) is -0.267. The topological polar surface area (TPSA) is 206 Å². The zero-order valence-corrected chi connectivity index (χ0v) is 31.0. The van der Waals surface area contributed by atoms with Gasteiger partial charge in [-0.05, 0) is 91.8 Å². The molecule has 4 saturated carbocycles. The van der Waals surface area contributed by atoms with E-state index in [9.17, 15) is 43.6 Å². The van der Waals surface area contributed by atoms with Gasteiger partial charge in [0.15, 0.2) is 6.29 Å². The molecule has 5 rings (SSSR count). The van der Waals surface area contributed by atoms with E-state index in [1.54, 1.807) is 0 Å². The molecule has 5 fully saturated rings. The normalized spacial score (nSPS) is 48.9.